The van der Waals surface area contributed by atoms with E-state index in [0.29, 0.717) is 22.5 Å². The van der Waals surface area contributed by atoms with Gasteiger partial charge in [-0.15, -0.1) is 0 Å². The van der Waals surface area contributed by atoms with Crippen LogP contribution in [0.4, 0.5) is 25.0 Å². The van der Waals surface area contributed by atoms with Gasteiger partial charge in [0.25, 0.3) is 0 Å². The molecule has 0 fully saturated rings. The lowest BCUT2D eigenvalue weighted by atomic mass is 10.0. The maximum Gasteiger partial charge on any atom is 0.323 e. The smallest absolute Gasteiger partial charge is 0.323 e. The van der Waals surface area contributed by atoms with E-state index in [1.807, 2.05) is 13.0 Å². The molecule has 0 saturated carbocycles. The Bertz CT molecular complexity index is 1280. The second-order valence-electron chi connectivity index (χ2n) is 6.73. The number of nitrogens with one attached hydrogen (secondary N) is 3. The number of benzene rings is 2. The summed E-state index contributed by atoms with van der Waals surface area (Å²) in [6, 6.07) is 10.7. The van der Waals surface area contributed by atoms with Gasteiger partial charge in [-0.2, -0.15) is 0 Å². The number of halogens is 2. The first-order chi connectivity index (χ1) is 14.4. The molecule has 2 aromatic heterocycles. The number of aryl methyl sites for hydroxylation is 1. The van der Waals surface area contributed by atoms with Gasteiger partial charge in [-0.1, -0.05) is 12.1 Å². The molecule has 0 unspecified atom stereocenters. The van der Waals surface area contributed by atoms with Crippen molar-refractivity contribution >= 4 is 34.2 Å². The van der Waals surface area contributed by atoms with Crippen molar-refractivity contribution in [1.82, 2.24) is 9.97 Å². The van der Waals surface area contributed by atoms with Gasteiger partial charge in [0.1, 0.15) is 5.65 Å². The first-order valence-electron chi connectivity index (χ1n) is 9.02. The number of aromatic amines is 1. The minimum atomic E-state index is -1.07. The minimum absolute atomic E-state index is 0.0975. The Morgan fingerprint density at radius 1 is 0.967 bits per heavy atom. The molecule has 2 amide bonds. The highest BCUT2D eigenvalue weighted by atomic mass is 19.2. The Labute approximate surface area is 170 Å². The topological polar surface area (TPSA) is 86.9 Å². The summed E-state index contributed by atoms with van der Waals surface area (Å²) in [5.74, 6) is -2.29. The Hall–Kier alpha value is -4.07. The fourth-order valence-electron chi connectivity index (χ4n) is 3.06. The number of carbonyl (C=O) groups excluding carboxylic acids is 2. The van der Waals surface area contributed by atoms with E-state index in [1.54, 1.807) is 30.6 Å². The average Bonchev–Trinajstić information content (AvgIpc) is 3.13. The molecule has 0 aliphatic rings. The number of fused-ring (bicyclic) bond motifs is 1. The van der Waals surface area contributed by atoms with Gasteiger partial charge in [0.05, 0.1) is 0 Å². The largest absolute Gasteiger partial charge is 0.345 e. The van der Waals surface area contributed by atoms with Crippen molar-refractivity contribution in [2.75, 3.05) is 10.6 Å². The van der Waals surface area contributed by atoms with E-state index in [1.165, 1.54) is 12.1 Å². The highest BCUT2D eigenvalue weighted by molar-refractivity contribution is 6.16. The Morgan fingerprint density at radius 2 is 1.73 bits per heavy atom. The Morgan fingerprint density at radius 3 is 2.50 bits per heavy atom. The lowest BCUT2D eigenvalue weighted by Crippen LogP contribution is -2.19. The third-order valence-corrected chi connectivity index (χ3v) is 4.47. The fourth-order valence-corrected chi connectivity index (χ4v) is 3.06. The lowest BCUT2D eigenvalue weighted by Gasteiger charge is -2.09. The molecule has 0 aliphatic heterocycles. The van der Waals surface area contributed by atoms with E-state index in [2.05, 4.69) is 20.6 Å². The molecule has 4 aromatic rings. The maximum absolute atomic E-state index is 13.3. The van der Waals surface area contributed by atoms with E-state index in [0.717, 1.165) is 23.1 Å². The standard InChI is InChI=1S/C22H16F2N4O2/c1-12-7-16-17(11-26-21(16)25-10-12)20(29)13-3-2-4-14(8-13)27-22(30)28-15-5-6-18(23)19(24)9-15/h2-11H,1H3,(H,25,26)(H2,27,28,30). The van der Waals surface area contributed by atoms with Crippen LogP contribution in [0.15, 0.2) is 60.9 Å². The molecule has 150 valence electrons. The summed E-state index contributed by atoms with van der Waals surface area (Å²) >= 11 is 0. The van der Waals surface area contributed by atoms with Crippen LogP contribution < -0.4 is 10.6 Å². The lowest BCUT2D eigenvalue weighted by molar-refractivity contribution is 0.104. The highest BCUT2D eigenvalue weighted by Gasteiger charge is 2.16. The molecule has 0 bridgehead atoms. The van der Waals surface area contributed by atoms with Crippen molar-refractivity contribution < 1.29 is 18.4 Å². The van der Waals surface area contributed by atoms with Gasteiger partial charge in [-0.05, 0) is 42.8 Å². The number of H-pyrrole nitrogens is 1. The number of amides is 2. The molecule has 30 heavy (non-hydrogen) atoms. The normalized spacial score (nSPS) is 10.8. The van der Waals surface area contributed by atoms with Crippen molar-refractivity contribution in [2.45, 2.75) is 6.92 Å². The predicted molar refractivity (Wildman–Crippen MR) is 110 cm³/mol. The number of aromatic nitrogens is 2. The summed E-state index contributed by atoms with van der Waals surface area (Å²) in [5.41, 5.74) is 2.87. The third-order valence-electron chi connectivity index (χ3n) is 4.47. The summed E-state index contributed by atoms with van der Waals surface area (Å²) in [7, 11) is 0. The molecule has 2 aromatic carbocycles. The van der Waals surface area contributed by atoms with Gasteiger partial charge in [0.15, 0.2) is 17.4 Å². The second-order valence-corrected chi connectivity index (χ2v) is 6.73. The van der Waals surface area contributed by atoms with Crippen molar-refractivity contribution in [3.05, 3.63) is 89.2 Å². The Balaban J connectivity index is 1.53. The van der Waals surface area contributed by atoms with Crippen LogP contribution in [-0.2, 0) is 0 Å². The summed E-state index contributed by atoms with van der Waals surface area (Å²) in [5, 5.41) is 5.70. The summed E-state index contributed by atoms with van der Waals surface area (Å²) in [6.45, 7) is 1.89. The molecule has 0 spiro atoms. The monoisotopic (exact) mass is 406 g/mol. The van der Waals surface area contributed by atoms with Crippen molar-refractivity contribution in [2.24, 2.45) is 0 Å². The van der Waals surface area contributed by atoms with Gasteiger partial charge in [0.2, 0.25) is 0 Å². The first-order valence-corrected chi connectivity index (χ1v) is 9.02. The molecule has 4 rings (SSSR count). The number of hydrogen-bond donors (Lipinski definition) is 3. The molecule has 2 heterocycles. The third kappa shape index (κ3) is 3.88. The second kappa shape index (κ2) is 7.75. The number of ketones is 1. The number of nitrogens with zero attached hydrogens (tertiary/aromatic N) is 1. The first kappa shape index (κ1) is 19.3. The Kier molecular flexibility index (Phi) is 4.97. The quantitative estimate of drug-likeness (QED) is 0.416. The van der Waals surface area contributed by atoms with Crippen LogP contribution in [-0.4, -0.2) is 21.8 Å². The fraction of sp³-hybridized carbons (Fsp3) is 0.0455. The van der Waals surface area contributed by atoms with E-state index < -0.39 is 17.7 Å². The van der Waals surface area contributed by atoms with Gasteiger partial charge < -0.3 is 15.6 Å². The number of carbonyl (C=O) groups is 2. The van der Waals surface area contributed by atoms with Crippen LogP contribution in [0.2, 0.25) is 0 Å². The summed E-state index contributed by atoms with van der Waals surface area (Å²) in [6.07, 6.45) is 3.32. The van der Waals surface area contributed by atoms with E-state index in [9.17, 15) is 18.4 Å². The van der Waals surface area contributed by atoms with Crippen LogP contribution in [0.1, 0.15) is 21.5 Å². The van der Waals surface area contributed by atoms with Crippen molar-refractivity contribution in [1.29, 1.82) is 0 Å². The van der Waals surface area contributed by atoms with Crippen LogP contribution in [0.5, 0.6) is 0 Å². The van der Waals surface area contributed by atoms with Gasteiger partial charge in [-0.25, -0.2) is 18.6 Å². The van der Waals surface area contributed by atoms with Crippen LogP contribution in [0, 0.1) is 18.6 Å². The molecular formula is C22H16F2N4O2. The number of urea groups is 1. The van der Waals surface area contributed by atoms with Crippen LogP contribution >= 0.6 is 0 Å². The average molecular weight is 406 g/mol. The SMILES string of the molecule is Cc1cnc2[nH]cc(C(=O)c3cccc(NC(=O)Nc4ccc(F)c(F)c4)c3)c2c1. The van der Waals surface area contributed by atoms with Crippen LogP contribution in [0.3, 0.4) is 0 Å². The maximum atomic E-state index is 13.3. The zero-order valence-electron chi connectivity index (χ0n) is 15.8. The molecule has 6 nitrogen and oxygen atoms in total. The highest BCUT2D eigenvalue weighted by Crippen LogP contribution is 2.22. The van der Waals surface area contributed by atoms with Gasteiger partial charge >= 0.3 is 6.03 Å². The van der Waals surface area contributed by atoms with Crippen molar-refractivity contribution in [3.63, 3.8) is 0 Å². The molecule has 0 atom stereocenters. The van der Waals surface area contributed by atoms with E-state index in [4.69, 9.17) is 0 Å². The molecular weight excluding hydrogens is 390 g/mol. The van der Waals surface area contributed by atoms with Gasteiger partial charge in [0, 0.05) is 46.3 Å². The number of hydrogen-bond acceptors (Lipinski definition) is 3. The molecule has 0 aliphatic carbocycles. The summed E-state index contributed by atoms with van der Waals surface area (Å²) < 4.78 is 26.3. The van der Waals surface area contributed by atoms with E-state index >= 15 is 0 Å². The number of pyridine rings is 1. The van der Waals surface area contributed by atoms with Crippen LogP contribution in [0.25, 0.3) is 11.0 Å². The number of anilines is 2. The zero-order valence-corrected chi connectivity index (χ0v) is 15.8. The summed E-state index contributed by atoms with van der Waals surface area (Å²) in [4.78, 5) is 32.4. The van der Waals surface area contributed by atoms with Gasteiger partial charge in [-0.3, -0.25) is 4.79 Å². The number of rotatable bonds is 4. The molecule has 0 radical (unpaired) electrons. The van der Waals surface area contributed by atoms with Crippen molar-refractivity contribution in [3.8, 4) is 0 Å². The molecule has 3 N–H and O–H groups in total. The minimum Gasteiger partial charge on any atom is -0.345 e. The molecule has 0 saturated heterocycles. The molecule has 8 heteroatoms. The predicted octanol–water partition coefficient (Wildman–Crippen LogP) is 5.02. The van der Waals surface area contributed by atoms with E-state index in [-0.39, 0.29) is 11.5 Å². The zero-order chi connectivity index (χ0) is 21.3.